The average molecular weight is 258 g/mol. The fourth-order valence-corrected chi connectivity index (χ4v) is 2.26. The molecule has 0 fully saturated rings. The molecule has 0 aliphatic carbocycles. The van der Waals surface area contributed by atoms with E-state index in [1.54, 1.807) is 11.3 Å². The van der Waals surface area contributed by atoms with Crippen LogP contribution in [0.3, 0.4) is 0 Å². The Morgan fingerprint density at radius 1 is 1.62 bits per heavy atom. The number of aromatic nitrogens is 3. The molecule has 0 amide bonds. The predicted octanol–water partition coefficient (Wildman–Crippen LogP) is 2.79. The van der Waals surface area contributed by atoms with E-state index in [1.807, 2.05) is 22.5 Å². The Balaban J connectivity index is 2.35. The van der Waals surface area contributed by atoms with E-state index in [-0.39, 0.29) is 0 Å². The van der Waals surface area contributed by atoms with Crippen molar-refractivity contribution < 1.29 is 0 Å². The summed E-state index contributed by atoms with van der Waals surface area (Å²) in [6.07, 6.45) is 3.85. The molecule has 0 N–H and O–H groups in total. The normalized spacial score (nSPS) is 10.6. The van der Waals surface area contributed by atoms with E-state index in [2.05, 4.69) is 32.9 Å². The van der Waals surface area contributed by atoms with E-state index >= 15 is 0 Å². The Kier molecular flexibility index (Phi) is 2.46. The van der Waals surface area contributed by atoms with Crippen molar-refractivity contribution >= 4 is 27.3 Å². The number of hydrogen-bond donors (Lipinski definition) is 0. The van der Waals surface area contributed by atoms with Crippen LogP contribution in [0.1, 0.15) is 6.92 Å². The summed E-state index contributed by atoms with van der Waals surface area (Å²) in [4.78, 5) is 4.31. The maximum absolute atomic E-state index is 4.31. The summed E-state index contributed by atoms with van der Waals surface area (Å²) in [5.74, 6) is 0. The highest BCUT2D eigenvalue weighted by Crippen LogP contribution is 2.25. The lowest BCUT2D eigenvalue weighted by Gasteiger charge is -1.90. The van der Waals surface area contributed by atoms with Crippen LogP contribution in [0, 0.1) is 0 Å². The molecule has 0 aliphatic rings. The molecule has 0 saturated carbocycles. The van der Waals surface area contributed by atoms with E-state index < -0.39 is 0 Å². The van der Waals surface area contributed by atoms with Crippen molar-refractivity contribution in [2.75, 3.05) is 0 Å². The fourth-order valence-electron chi connectivity index (χ4n) is 1.03. The average Bonchev–Trinajstić information content (AvgIpc) is 2.71. The number of thiazole rings is 1. The van der Waals surface area contributed by atoms with Gasteiger partial charge >= 0.3 is 0 Å². The van der Waals surface area contributed by atoms with Crippen LogP contribution in [0.4, 0.5) is 0 Å². The van der Waals surface area contributed by atoms with Gasteiger partial charge in [0, 0.05) is 23.7 Å². The highest BCUT2D eigenvalue weighted by Gasteiger charge is 2.04. The van der Waals surface area contributed by atoms with Crippen molar-refractivity contribution in [1.29, 1.82) is 0 Å². The number of rotatable bonds is 2. The van der Waals surface area contributed by atoms with Crippen LogP contribution in [0.25, 0.3) is 10.6 Å². The topological polar surface area (TPSA) is 30.7 Å². The first-order valence-corrected chi connectivity index (χ1v) is 5.60. The Bertz CT molecular complexity index is 407. The van der Waals surface area contributed by atoms with Gasteiger partial charge in [-0.3, -0.25) is 4.68 Å². The molecule has 0 spiro atoms. The summed E-state index contributed by atoms with van der Waals surface area (Å²) >= 11 is 4.94. The lowest BCUT2D eigenvalue weighted by Crippen LogP contribution is -1.91. The number of nitrogens with zero attached hydrogens (tertiary/aromatic N) is 3. The molecule has 0 aromatic carbocycles. The lowest BCUT2D eigenvalue weighted by molar-refractivity contribution is 0.660. The molecule has 0 bridgehead atoms. The summed E-state index contributed by atoms with van der Waals surface area (Å²) in [6.45, 7) is 2.96. The zero-order valence-electron chi connectivity index (χ0n) is 7.07. The zero-order valence-corrected chi connectivity index (χ0v) is 9.47. The first kappa shape index (κ1) is 8.90. The van der Waals surface area contributed by atoms with Gasteiger partial charge in [0.25, 0.3) is 0 Å². The highest BCUT2D eigenvalue weighted by atomic mass is 79.9. The Morgan fingerprint density at radius 2 is 2.46 bits per heavy atom. The zero-order chi connectivity index (χ0) is 9.26. The third-order valence-electron chi connectivity index (χ3n) is 1.68. The molecule has 2 heterocycles. The molecule has 0 unspecified atom stereocenters. The van der Waals surface area contributed by atoms with Gasteiger partial charge in [-0.05, 0) is 22.9 Å². The maximum Gasteiger partial charge on any atom is 0.127 e. The van der Waals surface area contributed by atoms with Crippen molar-refractivity contribution in [2.24, 2.45) is 0 Å². The minimum Gasteiger partial charge on any atom is -0.272 e. The lowest BCUT2D eigenvalue weighted by atomic mass is 10.4. The van der Waals surface area contributed by atoms with E-state index in [1.165, 1.54) is 0 Å². The SMILES string of the molecule is CCn1cc(-c2nc(Br)cs2)cn1. The van der Waals surface area contributed by atoms with Crippen molar-refractivity contribution in [3.05, 3.63) is 22.4 Å². The van der Waals surface area contributed by atoms with Crippen LogP contribution in [-0.2, 0) is 6.54 Å². The molecular weight excluding hydrogens is 250 g/mol. The molecule has 0 aliphatic heterocycles. The standard InChI is InChI=1S/C8H8BrN3S/c1-2-12-4-6(3-10-12)8-11-7(9)5-13-8/h3-5H,2H2,1H3. The van der Waals surface area contributed by atoms with Gasteiger partial charge in [0.15, 0.2) is 0 Å². The Hall–Kier alpha value is -0.680. The summed E-state index contributed by atoms with van der Waals surface area (Å²) in [6, 6.07) is 0. The van der Waals surface area contributed by atoms with Gasteiger partial charge in [-0.25, -0.2) is 4.98 Å². The molecule has 3 nitrogen and oxygen atoms in total. The molecule has 0 saturated heterocycles. The second-order valence-electron chi connectivity index (χ2n) is 2.56. The van der Waals surface area contributed by atoms with Crippen molar-refractivity contribution in [2.45, 2.75) is 13.5 Å². The van der Waals surface area contributed by atoms with Gasteiger partial charge in [-0.2, -0.15) is 5.10 Å². The molecule has 2 rings (SSSR count). The second kappa shape index (κ2) is 3.59. The maximum atomic E-state index is 4.31. The van der Waals surface area contributed by atoms with Crippen LogP contribution < -0.4 is 0 Å². The van der Waals surface area contributed by atoms with Crippen molar-refractivity contribution in [1.82, 2.24) is 14.8 Å². The largest absolute Gasteiger partial charge is 0.272 e. The molecule has 13 heavy (non-hydrogen) atoms. The summed E-state index contributed by atoms with van der Waals surface area (Å²) in [5, 5.41) is 7.17. The molecule has 68 valence electrons. The first-order valence-electron chi connectivity index (χ1n) is 3.93. The monoisotopic (exact) mass is 257 g/mol. The van der Waals surface area contributed by atoms with Crippen LogP contribution >= 0.6 is 27.3 Å². The minimum atomic E-state index is 0.886. The van der Waals surface area contributed by atoms with Crippen LogP contribution in [0.5, 0.6) is 0 Å². The number of hydrogen-bond acceptors (Lipinski definition) is 3. The van der Waals surface area contributed by atoms with Crippen molar-refractivity contribution in [3.63, 3.8) is 0 Å². The van der Waals surface area contributed by atoms with Gasteiger partial charge in [-0.15, -0.1) is 11.3 Å². The van der Waals surface area contributed by atoms with Gasteiger partial charge in [-0.1, -0.05) is 0 Å². The van der Waals surface area contributed by atoms with Crippen LogP contribution in [0.15, 0.2) is 22.4 Å². The van der Waals surface area contributed by atoms with E-state index in [4.69, 9.17) is 0 Å². The van der Waals surface area contributed by atoms with E-state index in [9.17, 15) is 0 Å². The van der Waals surface area contributed by atoms with E-state index in [0.717, 1.165) is 21.7 Å². The minimum absolute atomic E-state index is 0.886. The third-order valence-corrected chi connectivity index (χ3v) is 3.28. The highest BCUT2D eigenvalue weighted by molar-refractivity contribution is 9.10. The molecule has 0 radical (unpaired) electrons. The molecule has 5 heteroatoms. The van der Waals surface area contributed by atoms with Gasteiger partial charge in [0.2, 0.25) is 0 Å². The first-order chi connectivity index (χ1) is 6.29. The summed E-state index contributed by atoms with van der Waals surface area (Å²) in [5.41, 5.74) is 1.08. The second-order valence-corrected chi connectivity index (χ2v) is 4.23. The van der Waals surface area contributed by atoms with Gasteiger partial charge in [0.1, 0.15) is 9.61 Å². The fraction of sp³-hybridized carbons (Fsp3) is 0.250. The predicted molar refractivity (Wildman–Crippen MR) is 56.7 cm³/mol. The third kappa shape index (κ3) is 1.81. The van der Waals surface area contributed by atoms with E-state index in [0.29, 0.717) is 0 Å². The molecule has 2 aromatic heterocycles. The van der Waals surface area contributed by atoms with Crippen molar-refractivity contribution in [3.8, 4) is 10.6 Å². The Labute approximate surface area is 88.6 Å². The van der Waals surface area contributed by atoms with Crippen LogP contribution in [-0.4, -0.2) is 14.8 Å². The molecular formula is C8H8BrN3S. The quantitative estimate of drug-likeness (QED) is 0.829. The summed E-state index contributed by atoms with van der Waals surface area (Å²) < 4.78 is 2.78. The van der Waals surface area contributed by atoms with Gasteiger partial charge in [0.05, 0.1) is 6.20 Å². The molecule has 2 aromatic rings. The summed E-state index contributed by atoms with van der Waals surface area (Å²) in [7, 11) is 0. The number of aryl methyl sites for hydroxylation is 1. The number of halogens is 1. The Morgan fingerprint density at radius 3 is 3.00 bits per heavy atom. The van der Waals surface area contributed by atoms with Gasteiger partial charge < -0.3 is 0 Å². The van der Waals surface area contributed by atoms with Crippen LogP contribution in [0.2, 0.25) is 0 Å². The molecule has 0 atom stereocenters. The smallest absolute Gasteiger partial charge is 0.127 e.